The van der Waals surface area contributed by atoms with Crippen LogP contribution in [0.1, 0.15) is 63.9 Å². The molecule has 0 saturated heterocycles. The molecule has 0 aliphatic carbocycles. The molecule has 2 aromatic heterocycles. The van der Waals surface area contributed by atoms with Gasteiger partial charge in [-0.25, -0.2) is 9.97 Å². The van der Waals surface area contributed by atoms with Gasteiger partial charge in [0.1, 0.15) is 17.8 Å². The molecule has 5 nitrogen and oxygen atoms in total. The molecule has 2 rings (SSSR count). The van der Waals surface area contributed by atoms with Crippen LogP contribution in [0.4, 0.5) is 11.5 Å². The molecule has 2 aromatic rings. The maximum Gasteiger partial charge on any atom is 0.275 e. The molecule has 0 N–H and O–H groups in total. The molecule has 1 atom stereocenters. The molecule has 2 heterocycles. The summed E-state index contributed by atoms with van der Waals surface area (Å²) in [7, 11) is 1.88. The number of anilines is 2. The van der Waals surface area contributed by atoms with E-state index in [1.54, 1.807) is 0 Å². The number of pyridine rings is 1. The van der Waals surface area contributed by atoms with E-state index in [-0.39, 0.29) is 11.1 Å². The van der Waals surface area contributed by atoms with Crippen molar-refractivity contribution in [3.8, 4) is 0 Å². The number of hydrogen-bond donors (Lipinski definition) is 0. The second-order valence-electron chi connectivity index (χ2n) is 7.66. The van der Waals surface area contributed by atoms with E-state index in [2.05, 4.69) is 37.3 Å². The number of hydrogen-bond acceptors (Lipinski definition) is 4. The van der Waals surface area contributed by atoms with E-state index in [0.29, 0.717) is 11.5 Å². The fourth-order valence-electron chi connectivity index (χ4n) is 3.74. The van der Waals surface area contributed by atoms with Crippen molar-refractivity contribution in [1.82, 2.24) is 14.5 Å². The largest absolute Gasteiger partial charge is 0.325 e. The Labute approximate surface area is 162 Å². The molecule has 0 fully saturated rings. The third-order valence-electron chi connectivity index (χ3n) is 5.36. The van der Waals surface area contributed by atoms with Crippen LogP contribution in [0.3, 0.4) is 0 Å². The van der Waals surface area contributed by atoms with Crippen molar-refractivity contribution in [3.63, 3.8) is 0 Å². The van der Waals surface area contributed by atoms with Gasteiger partial charge in [0.2, 0.25) is 0 Å². The Morgan fingerprint density at radius 1 is 1.26 bits per heavy atom. The van der Waals surface area contributed by atoms with Gasteiger partial charge in [-0.05, 0) is 57.7 Å². The van der Waals surface area contributed by atoms with Crippen LogP contribution in [-0.2, 0) is 5.54 Å². The Hall–Kier alpha value is -2.43. The van der Waals surface area contributed by atoms with Crippen LogP contribution in [0, 0.1) is 13.8 Å². The summed E-state index contributed by atoms with van der Waals surface area (Å²) in [5.41, 5.74) is 4.11. The van der Waals surface area contributed by atoms with E-state index in [9.17, 15) is 4.79 Å². The first-order valence-electron chi connectivity index (χ1n) is 9.61. The maximum atomic E-state index is 13.7. The molecule has 0 aliphatic rings. The minimum Gasteiger partial charge on any atom is -0.325 e. The average Bonchev–Trinajstić information content (AvgIpc) is 2.62. The lowest BCUT2D eigenvalue weighted by Crippen LogP contribution is -2.42. The molecule has 0 bridgehead atoms. The number of aromatic nitrogens is 3. The minimum atomic E-state index is -0.261. The van der Waals surface area contributed by atoms with Crippen LogP contribution in [0.15, 0.2) is 29.8 Å². The first-order valence-corrected chi connectivity index (χ1v) is 9.61. The van der Waals surface area contributed by atoms with Gasteiger partial charge in [-0.2, -0.15) is 0 Å². The van der Waals surface area contributed by atoms with Crippen molar-refractivity contribution in [1.29, 1.82) is 0 Å². The average molecular weight is 369 g/mol. The van der Waals surface area contributed by atoms with Crippen LogP contribution in [0.5, 0.6) is 0 Å². The zero-order chi connectivity index (χ0) is 20.4. The highest BCUT2D eigenvalue weighted by atomic mass is 16.1. The van der Waals surface area contributed by atoms with Gasteiger partial charge in [-0.1, -0.05) is 26.8 Å². The summed E-state index contributed by atoms with van der Waals surface area (Å²) in [5, 5.41) is 0. The molecule has 1 unspecified atom stereocenters. The van der Waals surface area contributed by atoms with Gasteiger partial charge < -0.3 is 9.47 Å². The number of aryl methyl sites for hydroxylation is 2. The van der Waals surface area contributed by atoms with Crippen molar-refractivity contribution in [3.05, 3.63) is 52.3 Å². The third-order valence-corrected chi connectivity index (χ3v) is 5.36. The number of rotatable bonds is 7. The SMILES string of the molecule is C=C(C)c1c(C)cc(N(C)c2cc(C)ncn2)c(=O)n1C(C)(CC)CCC. The molecule has 0 saturated carbocycles. The number of nitrogens with zero attached hydrogens (tertiary/aromatic N) is 4. The molecule has 0 radical (unpaired) electrons. The monoisotopic (exact) mass is 368 g/mol. The van der Waals surface area contributed by atoms with Crippen LogP contribution < -0.4 is 10.5 Å². The lowest BCUT2D eigenvalue weighted by molar-refractivity contribution is 0.268. The molecule has 27 heavy (non-hydrogen) atoms. The highest BCUT2D eigenvalue weighted by Gasteiger charge is 2.30. The highest BCUT2D eigenvalue weighted by molar-refractivity contribution is 5.67. The third kappa shape index (κ3) is 3.97. The van der Waals surface area contributed by atoms with E-state index in [4.69, 9.17) is 0 Å². The normalized spacial score (nSPS) is 13.3. The summed E-state index contributed by atoms with van der Waals surface area (Å²) in [5.74, 6) is 0.710. The predicted octanol–water partition coefficient (Wildman–Crippen LogP) is 4.98. The summed E-state index contributed by atoms with van der Waals surface area (Å²) < 4.78 is 1.97. The standard InChI is InChI=1S/C22H32N4O/c1-9-11-22(7,10-2)26-20(15(3)4)16(5)12-18(21(26)27)25(8)19-13-17(6)23-14-24-19/h12-14H,3,9-11H2,1-2,4-8H3. The molecule has 5 heteroatoms. The van der Waals surface area contributed by atoms with Crippen molar-refractivity contribution >= 4 is 17.1 Å². The Morgan fingerprint density at radius 2 is 1.93 bits per heavy atom. The van der Waals surface area contributed by atoms with Crippen molar-refractivity contribution in [2.24, 2.45) is 0 Å². The Balaban J connectivity index is 2.79. The van der Waals surface area contributed by atoms with Crippen LogP contribution >= 0.6 is 0 Å². The Kier molecular flexibility index (Phi) is 6.24. The lowest BCUT2D eigenvalue weighted by atomic mass is 9.90. The van der Waals surface area contributed by atoms with E-state index >= 15 is 0 Å². The van der Waals surface area contributed by atoms with Gasteiger partial charge in [0, 0.05) is 30.0 Å². The Bertz CT molecular complexity index is 900. The molecule has 0 amide bonds. The van der Waals surface area contributed by atoms with Gasteiger partial charge in [-0.3, -0.25) is 4.79 Å². The van der Waals surface area contributed by atoms with Gasteiger partial charge in [0.05, 0.1) is 0 Å². The summed E-state index contributed by atoms with van der Waals surface area (Å²) >= 11 is 0. The molecule has 146 valence electrons. The zero-order valence-corrected chi connectivity index (χ0v) is 17.8. The van der Waals surface area contributed by atoms with Gasteiger partial charge in [0.15, 0.2) is 0 Å². The highest BCUT2D eigenvalue weighted by Crippen LogP contribution is 2.32. The summed E-state index contributed by atoms with van der Waals surface area (Å²) in [6.45, 7) is 16.6. The van der Waals surface area contributed by atoms with Crippen molar-refractivity contribution in [2.45, 2.75) is 66.3 Å². The first kappa shape index (κ1) is 20.9. The van der Waals surface area contributed by atoms with Gasteiger partial charge in [0.25, 0.3) is 5.56 Å². The Morgan fingerprint density at radius 3 is 2.44 bits per heavy atom. The number of allylic oxidation sites excluding steroid dienone is 1. The minimum absolute atomic E-state index is 0.00448. The van der Waals surface area contributed by atoms with Gasteiger partial charge >= 0.3 is 0 Å². The molecule has 0 aliphatic heterocycles. The van der Waals surface area contributed by atoms with Crippen LogP contribution in [0.25, 0.3) is 5.57 Å². The maximum absolute atomic E-state index is 13.7. The van der Waals surface area contributed by atoms with E-state index in [1.807, 2.05) is 49.4 Å². The molecular weight excluding hydrogens is 336 g/mol. The van der Waals surface area contributed by atoms with Crippen LogP contribution in [-0.4, -0.2) is 21.6 Å². The van der Waals surface area contributed by atoms with Gasteiger partial charge in [-0.15, -0.1) is 0 Å². The topological polar surface area (TPSA) is 51.0 Å². The van der Waals surface area contributed by atoms with E-state index in [1.165, 1.54) is 6.33 Å². The summed E-state index contributed by atoms with van der Waals surface area (Å²) in [6.07, 6.45) is 4.35. The van der Waals surface area contributed by atoms with E-state index < -0.39 is 0 Å². The molecule has 0 aromatic carbocycles. The molecular formula is C22H32N4O. The fourth-order valence-corrected chi connectivity index (χ4v) is 3.74. The second kappa shape index (κ2) is 8.07. The lowest BCUT2D eigenvalue weighted by Gasteiger charge is -2.35. The molecule has 0 spiro atoms. The quantitative estimate of drug-likeness (QED) is 0.691. The van der Waals surface area contributed by atoms with Crippen LogP contribution in [0.2, 0.25) is 0 Å². The van der Waals surface area contributed by atoms with E-state index in [0.717, 1.165) is 41.8 Å². The predicted molar refractivity (Wildman–Crippen MR) is 114 cm³/mol. The van der Waals surface area contributed by atoms with Crippen molar-refractivity contribution in [2.75, 3.05) is 11.9 Å². The zero-order valence-electron chi connectivity index (χ0n) is 17.8. The summed E-state index contributed by atoms with van der Waals surface area (Å²) in [6, 6.07) is 3.83. The first-order chi connectivity index (χ1) is 12.7. The fraction of sp³-hybridized carbons (Fsp3) is 0.500. The van der Waals surface area contributed by atoms with Crippen molar-refractivity contribution < 1.29 is 0 Å². The second-order valence-corrected chi connectivity index (χ2v) is 7.66. The summed E-state index contributed by atoms with van der Waals surface area (Å²) in [4.78, 5) is 24.0. The smallest absolute Gasteiger partial charge is 0.275 e.